The smallest absolute Gasteiger partial charge is 0.488 e. The Morgan fingerprint density at radius 1 is 0.636 bits per heavy atom. The van der Waals surface area contributed by atoms with E-state index in [0.29, 0.717) is 12.2 Å². The summed E-state index contributed by atoms with van der Waals surface area (Å²) >= 11 is 3.31. The third kappa shape index (κ3) is 12.6. The van der Waals surface area contributed by atoms with E-state index in [2.05, 4.69) is 15.9 Å². The van der Waals surface area contributed by atoms with E-state index >= 15 is 0 Å². The van der Waals surface area contributed by atoms with E-state index in [4.69, 9.17) is 29.7 Å². The molecule has 4 rings (SSSR count). The summed E-state index contributed by atoms with van der Waals surface area (Å²) in [5.41, 5.74) is -0.226. The van der Waals surface area contributed by atoms with Gasteiger partial charge in [-0.25, -0.2) is 0 Å². The van der Waals surface area contributed by atoms with Gasteiger partial charge in [0.2, 0.25) is 0 Å². The quantitative estimate of drug-likeness (QED) is 0.135. The maximum atomic E-state index is 12.7. The molecule has 0 bridgehead atoms. The van der Waals surface area contributed by atoms with E-state index in [9.17, 15) is 26.3 Å². The second-order valence-electron chi connectivity index (χ2n) is 8.67. The number of hydrogen-bond acceptors (Lipinski definition) is 6. The minimum absolute atomic E-state index is 0.0352. The van der Waals surface area contributed by atoms with E-state index < -0.39 is 30.6 Å². The van der Waals surface area contributed by atoms with Crippen molar-refractivity contribution in [2.45, 2.75) is 12.4 Å². The predicted octanol–water partition coefficient (Wildman–Crippen LogP) is 5.95. The van der Waals surface area contributed by atoms with Gasteiger partial charge in [-0.15, -0.1) is 0 Å². The van der Waals surface area contributed by atoms with Crippen LogP contribution in [0.5, 0.6) is 11.5 Å². The number of alkyl halides is 6. The highest BCUT2D eigenvalue weighted by Gasteiger charge is 2.32. The summed E-state index contributed by atoms with van der Waals surface area (Å²) in [6.07, 6.45) is -8.81. The van der Waals surface area contributed by atoms with Crippen molar-refractivity contribution < 1.29 is 56.1 Å². The molecule has 0 unspecified atom stereocenters. The second kappa shape index (κ2) is 17.7. The van der Waals surface area contributed by atoms with Gasteiger partial charge < -0.3 is 29.7 Å². The summed E-state index contributed by atoms with van der Waals surface area (Å²) in [6, 6.07) is 23.5. The van der Waals surface area contributed by atoms with Crippen LogP contribution in [0.2, 0.25) is 0 Å². The van der Waals surface area contributed by atoms with Gasteiger partial charge >= 0.3 is 19.5 Å². The Bertz CT molecular complexity index is 1390. The van der Waals surface area contributed by atoms with Crippen molar-refractivity contribution in [1.82, 2.24) is 0 Å². The summed E-state index contributed by atoms with van der Waals surface area (Å²) in [5.74, 6) is 0.891. The lowest BCUT2D eigenvalue weighted by Crippen LogP contribution is -2.29. The maximum absolute atomic E-state index is 12.7. The van der Waals surface area contributed by atoms with Crippen molar-refractivity contribution in [3.05, 3.63) is 113 Å². The van der Waals surface area contributed by atoms with Gasteiger partial charge in [0.1, 0.15) is 24.7 Å². The lowest BCUT2D eigenvalue weighted by Gasteiger charge is -2.14. The average Bonchev–Trinajstić information content (AvgIpc) is 3.00. The molecule has 4 N–H and O–H groups in total. The lowest BCUT2D eigenvalue weighted by molar-refractivity contribution is -0.138. The topological polar surface area (TPSA) is 99.4 Å². The minimum Gasteiger partial charge on any atom is -0.491 e. The summed E-state index contributed by atoms with van der Waals surface area (Å²) in [7, 11) is -1.73. The van der Waals surface area contributed by atoms with Gasteiger partial charge in [0.25, 0.3) is 0 Å². The van der Waals surface area contributed by atoms with Crippen molar-refractivity contribution in [2.24, 2.45) is 0 Å². The molecule has 236 valence electrons. The molecule has 0 atom stereocenters. The zero-order valence-corrected chi connectivity index (χ0v) is 24.5. The zero-order valence-electron chi connectivity index (χ0n) is 22.9. The lowest BCUT2D eigenvalue weighted by atomic mass is 9.80. The van der Waals surface area contributed by atoms with Crippen molar-refractivity contribution in [2.75, 3.05) is 26.4 Å². The van der Waals surface area contributed by atoms with Crippen molar-refractivity contribution in [3.63, 3.8) is 0 Å². The molecule has 0 aliphatic rings. The molecule has 14 heteroatoms. The summed E-state index contributed by atoms with van der Waals surface area (Å²) in [5, 5.41) is 34.4. The number of benzene rings is 4. The van der Waals surface area contributed by atoms with Crippen LogP contribution in [0.1, 0.15) is 11.1 Å². The first-order chi connectivity index (χ1) is 20.8. The summed E-state index contributed by atoms with van der Waals surface area (Å²) in [4.78, 5) is 0. The number of rotatable bonds is 8. The van der Waals surface area contributed by atoms with Crippen LogP contribution in [-0.2, 0) is 12.4 Å². The molecule has 0 radical (unpaired) electrons. The normalized spacial score (nSPS) is 11.0. The van der Waals surface area contributed by atoms with E-state index in [-0.39, 0.29) is 31.0 Å². The Kier molecular flexibility index (Phi) is 14.7. The standard InChI is InChI=1S/C15H13F3O2.C8H9BrO2.C7H6BF3O2/c16-15(17,18)12-6-7-13(11-4-2-1-3-5-11)14(10-12)20-9-8-19;9-7-1-3-8(4-2-7)11-6-5-10;9-7(10,11)5-1-3-6(4-2-5)8(12)13/h1-7,10,19H,8-9H2;1-4,10H,5-6H2;1-4,12-13H. The van der Waals surface area contributed by atoms with E-state index in [1.165, 1.54) is 6.07 Å². The Morgan fingerprint density at radius 2 is 1.16 bits per heavy atom. The first kappa shape index (κ1) is 36.6. The van der Waals surface area contributed by atoms with Crippen LogP contribution in [-0.4, -0.2) is 53.8 Å². The molecule has 0 saturated carbocycles. The monoisotopic (exact) mass is 688 g/mol. The Hall–Kier alpha value is -3.56. The van der Waals surface area contributed by atoms with Crippen molar-refractivity contribution in [1.29, 1.82) is 0 Å². The first-order valence-corrected chi connectivity index (χ1v) is 13.6. The minimum atomic E-state index is -4.42. The fraction of sp³-hybridized carbons (Fsp3) is 0.200. The third-order valence-electron chi connectivity index (χ3n) is 5.45. The molecule has 6 nitrogen and oxygen atoms in total. The highest BCUT2D eigenvalue weighted by Crippen LogP contribution is 2.37. The number of hydrogen-bond donors (Lipinski definition) is 4. The van der Waals surface area contributed by atoms with Crippen molar-refractivity contribution in [3.8, 4) is 22.6 Å². The molecular weight excluding hydrogens is 661 g/mol. The highest BCUT2D eigenvalue weighted by molar-refractivity contribution is 9.10. The predicted molar refractivity (Wildman–Crippen MR) is 157 cm³/mol. The molecule has 0 heterocycles. The second-order valence-corrected chi connectivity index (χ2v) is 9.58. The molecule has 0 aliphatic heterocycles. The van der Waals surface area contributed by atoms with Crippen LogP contribution in [0.15, 0.2) is 102 Å². The molecule has 4 aromatic rings. The van der Waals surface area contributed by atoms with Gasteiger partial charge in [0, 0.05) is 10.0 Å². The highest BCUT2D eigenvalue weighted by atomic mass is 79.9. The van der Waals surface area contributed by atoms with Gasteiger partial charge in [-0.2, -0.15) is 26.3 Å². The van der Waals surface area contributed by atoms with E-state index in [1.807, 2.05) is 30.3 Å². The molecule has 4 aromatic carbocycles. The Labute approximate surface area is 258 Å². The van der Waals surface area contributed by atoms with Gasteiger partial charge in [-0.05, 0) is 47.4 Å². The number of ether oxygens (including phenoxy) is 2. The molecule has 0 aromatic heterocycles. The number of aliphatic hydroxyl groups is 2. The van der Waals surface area contributed by atoms with Crippen LogP contribution in [0.3, 0.4) is 0 Å². The average molecular weight is 689 g/mol. The van der Waals surface area contributed by atoms with Crippen LogP contribution in [0.4, 0.5) is 26.3 Å². The van der Waals surface area contributed by atoms with Crippen LogP contribution in [0.25, 0.3) is 11.1 Å². The van der Waals surface area contributed by atoms with Crippen LogP contribution < -0.4 is 14.9 Å². The van der Waals surface area contributed by atoms with Gasteiger partial charge in [-0.3, -0.25) is 0 Å². The molecular formula is C30H28BBrF6O6. The summed E-state index contributed by atoms with van der Waals surface area (Å²) < 4.78 is 85.5. The van der Waals surface area contributed by atoms with Crippen LogP contribution >= 0.6 is 15.9 Å². The number of aliphatic hydroxyl groups excluding tert-OH is 2. The van der Waals surface area contributed by atoms with E-state index in [0.717, 1.165) is 52.2 Å². The third-order valence-corrected chi connectivity index (χ3v) is 5.98. The fourth-order valence-electron chi connectivity index (χ4n) is 3.37. The molecule has 0 spiro atoms. The van der Waals surface area contributed by atoms with Crippen LogP contribution in [0, 0.1) is 0 Å². The molecule has 44 heavy (non-hydrogen) atoms. The zero-order chi connectivity index (χ0) is 32.8. The molecule has 0 aliphatic carbocycles. The maximum Gasteiger partial charge on any atom is 0.488 e. The first-order valence-electron chi connectivity index (χ1n) is 12.8. The van der Waals surface area contributed by atoms with Gasteiger partial charge in [-0.1, -0.05) is 76.6 Å². The molecule has 0 fully saturated rings. The van der Waals surface area contributed by atoms with Gasteiger partial charge in [0.15, 0.2) is 0 Å². The number of halogens is 7. The molecule has 0 saturated heterocycles. The SMILES string of the molecule is OB(O)c1ccc(C(F)(F)F)cc1.OCCOc1cc(C(F)(F)F)ccc1-c1ccccc1.OCCOc1ccc(Br)cc1. The molecule has 0 amide bonds. The van der Waals surface area contributed by atoms with Crippen molar-refractivity contribution >= 4 is 28.5 Å². The summed E-state index contributed by atoms with van der Waals surface area (Å²) in [6.45, 7) is 0.0866. The van der Waals surface area contributed by atoms with E-state index in [1.54, 1.807) is 24.3 Å². The Morgan fingerprint density at radius 3 is 1.66 bits per heavy atom. The largest absolute Gasteiger partial charge is 0.491 e. The fourth-order valence-corrected chi connectivity index (χ4v) is 3.63. The van der Waals surface area contributed by atoms with Gasteiger partial charge in [0.05, 0.1) is 24.3 Å². The Balaban J connectivity index is 0.000000244.